The average Bonchev–Trinajstić information content (AvgIpc) is 3.01. The second-order valence-corrected chi connectivity index (χ2v) is 8.05. The van der Waals surface area contributed by atoms with E-state index in [0.29, 0.717) is 17.0 Å². The fourth-order valence-electron chi connectivity index (χ4n) is 3.83. The maximum absolute atomic E-state index is 6.29. The minimum atomic E-state index is 0.464. The Morgan fingerprint density at radius 1 is 1.10 bits per heavy atom. The first-order valence-electron chi connectivity index (χ1n) is 10.0. The summed E-state index contributed by atoms with van der Waals surface area (Å²) in [4.78, 5) is 6.89. The Morgan fingerprint density at radius 2 is 1.79 bits per heavy atom. The number of methoxy groups -OCH3 is 1. The Labute approximate surface area is 178 Å². The first-order chi connectivity index (χ1) is 13.9. The third kappa shape index (κ3) is 4.36. The van der Waals surface area contributed by atoms with Crippen LogP contribution in [0.4, 0.5) is 0 Å². The fraction of sp³-hybridized carbons (Fsp3) is 0.435. The van der Waals surface area contributed by atoms with E-state index in [4.69, 9.17) is 26.1 Å². The first-order valence-corrected chi connectivity index (χ1v) is 10.4. The Morgan fingerprint density at radius 3 is 2.41 bits per heavy atom. The molecule has 0 aliphatic carbocycles. The molecule has 0 saturated carbocycles. The van der Waals surface area contributed by atoms with Gasteiger partial charge in [-0.1, -0.05) is 31.5 Å². The van der Waals surface area contributed by atoms with Gasteiger partial charge < -0.3 is 14.4 Å². The van der Waals surface area contributed by atoms with Gasteiger partial charge in [-0.25, -0.2) is 0 Å². The van der Waals surface area contributed by atoms with Crippen LogP contribution in [0.15, 0.2) is 30.3 Å². The third-order valence-corrected chi connectivity index (χ3v) is 5.57. The van der Waals surface area contributed by atoms with Crippen LogP contribution in [0.3, 0.4) is 0 Å². The van der Waals surface area contributed by atoms with Crippen molar-refractivity contribution in [3.63, 3.8) is 0 Å². The number of aryl methyl sites for hydroxylation is 1. The van der Waals surface area contributed by atoms with Crippen molar-refractivity contribution in [2.75, 3.05) is 21.2 Å². The molecule has 0 fully saturated rings. The summed E-state index contributed by atoms with van der Waals surface area (Å²) in [6.07, 6.45) is 2.15. The molecular formula is C23H30ClN3O2. The predicted octanol–water partition coefficient (Wildman–Crippen LogP) is 5.99. The summed E-state index contributed by atoms with van der Waals surface area (Å²) < 4.78 is 13.9. The number of halogens is 1. The number of fused-ring (bicyclic) bond motifs is 1. The van der Waals surface area contributed by atoms with Crippen molar-refractivity contribution in [2.45, 2.75) is 39.2 Å². The Hall–Kier alpha value is -2.24. The molecule has 0 radical (unpaired) electrons. The molecular weight excluding hydrogens is 386 g/mol. The van der Waals surface area contributed by atoms with E-state index in [2.05, 4.69) is 24.8 Å². The molecule has 6 heteroatoms. The van der Waals surface area contributed by atoms with Crippen LogP contribution in [0.1, 0.15) is 43.7 Å². The van der Waals surface area contributed by atoms with Crippen LogP contribution in [0.5, 0.6) is 17.5 Å². The molecule has 156 valence electrons. The van der Waals surface area contributed by atoms with Gasteiger partial charge in [-0.15, -0.1) is 0 Å². The summed E-state index contributed by atoms with van der Waals surface area (Å²) in [6.45, 7) is 5.17. The summed E-state index contributed by atoms with van der Waals surface area (Å²) in [7, 11) is 7.71. The molecule has 0 bridgehead atoms. The van der Waals surface area contributed by atoms with E-state index in [1.165, 1.54) is 5.56 Å². The highest BCUT2D eigenvalue weighted by atomic mass is 35.5. The van der Waals surface area contributed by atoms with Crippen molar-refractivity contribution >= 4 is 22.6 Å². The van der Waals surface area contributed by atoms with Crippen LogP contribution in [0.2, 0.25) is 5.02 Å². The highest BCUT2D eigenvalue weighted by Crippen LogP contribution is 2.38. The molecule has 3 rings (SSSR count). The maximum atomic E-state index is 6.29. The van der Waals surface area contributed by atoms with Crippen LogP contribution in [-0.4, -0.2) is 35.7 Å². The zero-order valence-corrected chi connectivity index (χ0v) is 18.9. The molecule has 5 nitrogen and oxygen atoms in total. The lowest BCUT2D eigenvalue weighted by atomic mass is 9.92. The average molecular weight is 416 g/mol. The Balaban J connectivity index is 2.12. The molecule has 0 amide bonds. The van der Waals surface area contributed by atoms with E-state index in [0.717, 1.165) is 47.5 Å². The number of benzene rings is 2. The third-order valence-electron chi connectivity index (χ3n) is 5.33. The molecule has 0 aliphatic heterocycles. The number of aromatic nitrogens is 2. The standard InChI is InChI=1S/C23H30ClN3O2/c1-7-15(8-2)18-10-12-20(28-6)21-22(18)27(5)23(25-21)29-19-11-9-17(24)13-16(19)14-26(3)4/h9-13,15H,7-8,14H2,1-6H3. The molecule has 0 N–H and O–H groups in total. The molecule has 1 aromatic heterocycles. The number of nitrogens with zero attached hydrogens (tertiary/aromatic N) is 3. The summed E-state index contributed by atoms with van der Waals surface area (Å²) >= 11 is 6.21. The summed E-state index contributed by atoms with van der Waals surface area (Å²) in [6, 6.07) is 10.4. The van der Waals surface area contributed by atoms with Crippen LogP contribution in [0.25, 0.3) is 11.0 Å². The molecule has 0 aliphatic rings. The Bertz CT molecular complexity index is 993. The molecule has 2 aromatic carbocycles. The largest absolute Gasteiger partial charge is 0.494 e. The molecule has 1 heterocycles. The normalized spacial score (nSPS) is 11.6. The first kappa shape index (κ1) is 21.5. The monoisotopic (exact) mass is 415 g/mol. The van der Waals surface area contributed by atoms with Gasteiger partial charge in [-0.2, -0.15) is 4.98 Å². The van der Waals surface area contributed by atoms with Gasteiger partial charge >= 0.3 is 6.01 Å². The highest BCUT2D eigenvalue weighted by molar-refractivity contribution is 6.30. The lowest BCUT2D eigenvalue weighted by Crippen LogP contribution is -2.11. The molecule has 0 unspecified atom stereocenters. The smallest absolute Gasteiger partial charge is 0.302 e. The van der Waals surface area contributed by atoms with E-state index in [1.54, 1.807) is 7.11 Å². The highest BCUT2D eigenvalue weighted by Gasteiger charge is 2.21. The summed E-state index contributed by atoms with van der Waals surface area (Å²) in [5.41, 5.74) is 4.19. The van der Waals surface area contributed by atoms with E-state index in [1.807, 2.05) is 50.0 Å². The number of rotatable bonds is 8. The number of hydrogen-bond acceptors (Lipinski definition) is 4. The quantitative estimate of drug-likeness (QED) is 0.452. The lowest BCUT2D eigenvalue weighted by Gasteiger charge is -2.17. The van der Waals surface area contributed by atoms with Gasteiger partial charge in [-0.05, 0) is 62.7 Å². The zero-order valence-electron chi connectivity index (χ0n) is 18.1. The maximum Gasteiger partial charge on any atom is 0.302 e. The minimum Gasteiger partial charge on any atom is -0.494 e. The number of hydrogen-bond donors (Lipinski definition) is 0. The van der Waals surface area contributed by atoms with E-state index in [9.17, 15) is 0 Å². The predicted molar refractivity (Wildman–Crippen MR) is 120 cm³/mol. The van der Waals surface area contributed by atoms with Crippen molar-refractivity contribution in [2.24, 2.45) is 7.05 Å². The molecule has 0 atom stereocenters. The van der Waals surface area contributed by atoms with Gasteiger partial charge in [0.2, 0.25) is 0 Å². The number of imidazole rings is 1. The minimum absolute atomic E-state index is 0.464. The second-order valence-electron chi connectivity index (χ2n) is 7.61. The van der Waals surface area contributed by atoms with E-state index < -0.39 is 0 Å². The zero-order chi connectivity index (χ0) is 21.1. The van der Waals surface area contributed by atoms with Gasteiger partial charge in [0, 0.05) is 24.2 Å². The molecule has 0 spiro atoms. The fourth-order valence-corrected chi connectivity index (χ4v) is 4.02. The molecule has 29 heavy (non-hydrogen) atoms. The van der Waals surface area contributed by atoms with Crippen LogP contribution in [-0.2, 0) is 13.6 Å². The van der Waals surface area contributed by atoms with E-state index >= 15 is 0 Å². The van der Waals surface area contributed by atoms with Crippen LogP contribution in [0, 0.1) is 0 Å². The van der Waals surface area contributed by atoms with Crippen molar-refractivity contribution in [1.29, 1.82) is 0 Å². The topological polar surface area (TPSA) is 39.5 Å². The van der Waals surface area contributed by atoms with Gasteiger partial charge in [0.25, 0.3) is 0 Å². The Kier molecular flexibility index (Phi) is 6.70. The second kappa shape index (κ2) is 9.06. The lowest BCUT2D eigenvalue weighted by molar-refractivity contribution is 0.378. The van der Waals surface area contributed by atoms with Gasteiger partial charge in [0.1, 0.15) is 17.0 Å². The molecule has 3 aromatic rings. The van der Waals surface area contributed by atoms with Crippen LogP contribution < -0.4 is 9.47 Å². The van der Waals surface area contributed by atoms with Crippen molar-refractivity contribution < 1.29 is 9.47 Å². The number of ether oxygens (including phenoxy) is 2. The van der Waals surface area contributed by atoms with Crippen molar-refractivity contribution in [3.05, 3.63) is 46.5 Å². The van der Waals surface area contributed by atoms with Crippen LogP contribution >= 0.6 is 11.6 Å². The van der Waals surface area contributed by atoms with Gasteiger partial charge in [0.05, 0.1) is 12.6 Å². The summed E-state index contributed by atoms with van der Waals surface area (Å²) in [5, 5.41) is 0.692. The molecule has 0 saturated heterocycles. The van der Waals surface area contributed by atoms with E-state index in [-0.39, 0.29) is 0 Å². The SMILES string of the molecule is CCC(CC)c1ccc(OC)c2nc(Oc3ccc(Cl)cc3CN(C)C)n(C)c12. The van der Waals surface area contributed by atoms with Gasteiger partial charge in [-0.3, -0.25) is 4.57 Å². The van der Waals surface area contributed by atoms with Crippen molar-refractivity contribution in [1.82, 2.24) is 14.5 Å². The van der Waals surface area contributed by atoms with Gasteiger partial charge in [0.15, 0.2) is 0 Å². The van der Waals surface area contributed by atoms with Crippen molar-refractivity contribution in [3.8, 4) is 17.5 Å². The summed E-state index contributed by atoms with van der Waals surface area (Å²) in [5.74, 6) is 1.97.